The van der Waals surface area contributed by atoms with E-state index in [2.05, 4.69) is 5.32 Å². The smallest absolute Gasteiger partial charge is 0.317 e. The summed E-state index contributed by atoms with van der Waals surface area (Å²) in [6.07, 6.45) is 3.14. The molecule has 0 aliphatic carbocycles. The molecule has 2 amide bonds. The van der Waals surface area contributed by atoms with Gasteiger partial charge in [-0.2, -0.15) is 0 Å². The molecule has 8 heteroatoms. The highest BCUT2D eigenvalue weighted by molar-refractivity contribution is 5.97. The number of aromatic nitrogens is 2. The van der Waals surface area contributed by atoms with E-state index in [-0.39, 0.29) is 18.4 Å². The highest BCUT2D eigenvalue weighted by Crippen LogP contribution is 2.14. The first-order chi connectivity index (χ1) is 16.4. The first kappa shape index (κ1) is 23.5. The van der Waals surface area contributed by atoms with E-state index in [1.807, 2.05) is 36.1 Å². The summed E-state index contributed by atoms with van der Waals surface area (Å²) in [5.41, 5.74) is 1.48. The molecular formula is C26H30N4O4. The van der Waals surface area contributed by atoms with Crippen molar-refractivity contribution < 1.29 is 9.59 Å². The van der Waals surface area contributed by atoms with Gasteiger partial charge in [-0.3, -0.25) is 23.7 Å². The molecule has 1 fully saturated rings. The number of piperidine rings is 1. The van der Waals surface area contributed by atoms with Crippen molar-refractivity contribution in [3.63, 3.8) is 0 Å². The molecule has 1 aromatic heterocycles. The van der Waals surface area contributed by atoms with Gasteiger partial charge in [-0.05, 0) is 62.9 Å². The second-order valence-corrected chi connectivity index (χ2v) is 8.71. The van der Waals surface area contributed by atoms with Crippen molar-refractivity contribution in [2.24, 2.45) is 0 Å². The van der Waals surface area contributed by atoms with E-state index in [4.69, 9.17) is 0 Å². The fourth-order valence-corrected chi connectivity index (χ4v) is 4.52. The Morgan fingerprint density at radius 3 is 2.09 bits per heavy atom. The van der Waals surface area contributed by atoms with E-state index >= 15 is 0 Å². The monoisotopic (exact) mass is 462 g/mol. The van der Waals surface area contributed by atoms with Crippen molar-refractivity contribution in [2.45, 2.75) is 52.2 Å². The molecule has 2 aromatic carbocycles. The van der Waals surface area contributed by atoms with Crippen molar-refractivity contribution in [1.29, 1.82) is 0 Å². The summed E-state index contributed by atoms with van der Waals surface area (Å²) in [5, 5.41) is 2.79. The fraction of sp³-hybridized carbons (Fsp3) is 0.385. The molecule has 0 radical (unpaired) electrons. The molecule has 34 heavy (non-hydrogen) atoms. The predicted octanol–water partition coefficient (Wildman–Crippen LogP) is 2.36. The Balaban J connectivity index is 1.50. The maximum absolute atomic E-state index is 12.8. The van der Waals surface area contributed by atoms with Gasteiger partial charge in [0, 0.05) is 25.2 Å². The summed E-state index contributed by atoms with van der Waals surface area (Å²) in [4.78, 5) is 52.4. The van der Waals surface area contributed by atoms with Gasteiger partial charge >= 0.3 is 11.1 Å². The molecule has 1 saturated heterocycles. The van der Waals surface area contributed by atoms with Gasteiger partial charge in [0.15, 0.2) is 0 Å². The number of benzene rings is 2. The van der Waals surface area contributed by atoms with Crippen LogP contribution >= 0.6 is 0 Å². The number of amides is 2. The summed E-state index contributed by atoms with van der Waals surface area (Å²) in [7, 11) is 0. The molecule has 178 valence electrons. The first-order valence-electron chi connectivity index (χ1n) is 11.8. The van der Waals surface area contributed by atoms with E-state index in [9.17, 15) is 19.2 Å². The summed E-state index contributed by atoms with van der Waals surface area (Å²) in [6.45, 7) is 5.65. The molecule has 1 N–H and O–H groups in total. The molecule has 1 aliphatic rings. The number of hydrogen-bond acceptors (Lipinski definition) is 4. The van der Waals surface area contributed by atoms with Gasteiger partial charge in [-0.25, -0.2) is 0 Å². The van der Waals surface area contributed by atoms with Gasteiger partial charge in [-0.1, -0.05) is 24.3 Å². The predicted molar refractivity (Wildman–Crippen MR) is 131 cm³/mol. The van der Waals surface area contributed by atoms with Crippen LogP contribution in [0.1, 0.15) is 49.0 Å². The zero-order valence-corrected chi connectivity index (χ0v) is 19.6. The molecule has 2 heterocycles. The maximum atomic E-state index is 12.8. The molecule has 0 bridgehead atoms. The summed E-state index contributed by atoms with van der Waals surface area (Å²) in [6, 6.07) is 13.6. The number of carbonyl (C=O) groups is 2. The molecule has 3 aromatic rings. The van der Waals surface area contributed by atoms with Crippen molar-refractivity contribution in [2.75, 3.05) is 13.1 Å². The largest absolute Gasteiger partial charge is 0.341 e. The minimum atomic E-state index is -0.597. The summed E-state index contributed by atoms with van der Waals surface area (Å²) in [5.74, 6) is -0.379. The quantitative estimate of drug-likeness (QED) is 0.569. The van der Waals surface area contributed by atoms with Crippen LogP contribution in [0.3, 0.4) is 0 Å². The Morgan fingerprint density at radius 2 is 1.47 bits per heavy atom. The lowest BCUT2D eigenvalue weighted by Gasteiger charge is -2.29. The lowest BCUT2D eigenvalue weighted by molar-refractivity contribution is -0.133. The lowest BCUT2D eigenvalue weighted by Crippen LogP contribution is -2.48. The average Bonchev–Trinajstić information content (AvgIpc) is 2.87. The highest BCUT2D eigenvalue weighted by atomic mass is 16.2. The van der Waals surface area contributed by atoms with Gasteiger partial charge < -0.3 is 14.8 Å². The van der Waals surface area contributed by atoms with E-state index in [1.54, 1.807) is 31.2 Å². The Morgan fingerprint density at radius 1 is 0.882 bits per heavy atom. The minimum Gasteiger partial charge on any atom is -0.341 e. The molecular weight excluding hydrogens is 432 g/mol. The summed E-state index contributed by atoms with van der Waals surface area (Å²) < 4.78 is 2.95. The van der Waals surface area contributed by atoms with Gasteiger partial charge in [-0.15, -0.1) is 0 Å². The number of nitrogens with zero attached hydrogens (tertiary/aromatic N) is 3. The highest BCUT2D eigenvalue weighted by Gasteiger charge is 2.23. The number of hydrogen-bond donors (Lipinski definition) is 1. The number of para-hydroxylation sites is 2. The van der Waals surface area contributed by atoms with Crippen molar-refractivity contribution in [1.82, 2.24) is 19.4 Å². The van der Waals surface area contributed by atoms with E-state index in [0.29, 0.717) is 23.1 Å². The third-order valence-electron chi connectivity index (χ3n) is 6.40. The van der Waals surface area contributed by atoms with Crippen LogP contribution in [0.5, 0.6) is 0 Å². The Hall–Kier alpha value is -3.68. The van der Waals surface area contributed by atoms with Crippen LogP contribution in [0, 0.1) is 0 Å². The molecule has 4 rings (SSSR count). The molecule has 8 nitrogen and oxygen atoms in total. The zero-order valence-electron chi connectivity index (χ0n) is 19.6. The number of rotatable bonds is 6. The molecule has 0 saturated carbocycles. The minimum absolute atomic E-state index is 0.0577. The average molecular weight is 463 g/mol. The number of fused-ring (bicyclic) bond motifs is 1. The summed E-state index contributed by atoms with van der Waals surface area (Å²) >= 11 is 0. The van der Waals surface area contributed by atoms with Crippen LogP contribution in [0.2, 0.25) is 0 Å². The zero-order chi connectivity index (χ0) is 24.2. The normalized spacial score (nSPS) is 14.7. The SMILES string of the molecule is CCn1c(=O)c(=O)n(Cc2ccc(C(=O)N[C@@H](C)C(=O)N3CCCCC3)cc2)c2ccccc21. The van der Waals surface area contributed by atoms with Crippen molar-refractivity contribution in [3.05, 3.63) is 80.4 Å². The van der Waals surface area contributed by atoms with Gasteiger partial charge in [0.1, 0.15) is 6.04 Å². The number of nitrogens with one attached hydrogen (secondary N) is 1. The van der Waals surface area contributed by atoms with Crippen molar-refractivity contribution in [3.8, 4) is 0 Å². The fourth-order valence-electron chi connectivity index (χ4n) is 4.52. The Kier molecular flexibility index (Phi) is 6.95. The van der Waals surface area contributed by atoms with E-state index < -0.39 is 17.2 Å². The standard InChI is InChI=1S/C26H30N4O4/c1-3-29-21-9-5-6-10-22(21)30(26(34)25(29)33)17-19-11-13-20(14-12-19)23(31)27-18(2)24(32)28-15-7-4-8-16-28/h5-6,9-14,18H,3-4,7-8,15-17H2,1-2H3,(H,27,31)/t18-/m0/s1. The van der Waals surface area contributed by atoms with Crippen molar-refractivity contribution >= 4 is 22.8 Å². The Bertz CT molecular complexity index is 1320. The maximum Gasteiger partial charge on any atom is 0.317 e. The van der Waals surface area contributed by atoms with Crippen LogP contribution in [-0.4, -0.2) is 45.0 Å². The van der Waals surface area contributed by atoms with Crippen LogP contribution < -0.4 is 16.4 Å². The van der Waals surface area contributed by atoms with E-state index in [1.165, 1.54) is 9.13 Å². The molecule has 0 unspecified atom stereocenters. The van der Waals surface area contributed by atoms with Crippen LogP contribution in [0.15, 0.2) is 58.1 Å². The van der Waals surface area contributed by atoms with Gasteiger partial charge in [0.05, 0.1) is 17.6 Å². The molecule has 1 atom stereocenters. The van der Waals surface area contributed by atoms with Crippen LogP contribution in [-0.2, 0) is 17.9 Å². The Labute approximate surface area is 197 Å². The number of aryl methyl sites for hydroxylation is 1. The topological polar surface area (TPSA) is 93.4 Å². The second kappa shape index (κ2) is 10.1. The number of likely N-dealkylation sites (tertiary alicyclic amines) is 1. The van der Waals surface area contributed by atoms with Crippen LogP contribution in [0.25, 0.3) is 11.0 Å². The third kappa shape index (κ3) is 4.66. The van der Waals surface area contributed by atoms with E-state index in [0.717, 1.165) is 37.9 Å². The third-order valence-corrected chi connectivity index (χ3v) is 6.40. The molecule has 0 spiro atoms. The molecule has 1 aliphatic heterocycles. The van der Waals surface area contributed by atoms with Gasteiger partial charge in [0.25, 0.3) is 5.91 Å². The second-order valence-electron chi connectivity index (χ2n) is 8.71. The number of carbonyl (C=O) groups excluding carboxylic acids is 2. The van der Waals surface area contributed by atoms with Gasteiger partial charge in [0.2, 0.25) is 5.91 Å². The first-order valence-corrected chi connectivity index (χ1v) is 11.8. The van der Waals surface area contributed by atoms with Crippen LogP contribution in [0.4, 0.5) is 0 Å². The lowest BCUT2D eigenvalue weighted by atomic mass is 10.1.